The molecule has 0 aromatic carbocycles. The number of nitrogens with one attached hydrogen (secondary N) is 1. The van der Waals surface area contributed by atoms with Crippen molar-refractivity contribution in [1.82, 2.24) is 19.9 Å². The van der Waals surface area contributed by atoms with Gasteiger partial charge in [-0.15, -0.1) is 0 Å². The standard InChI is InChI=1S/C15H18F3N5/c1-8-7-12(15(16,17)18)22-14(19-8)23-6-4-5-11(23)13-20-9(2)10(3)21-13/h7,11H,4-6H2,1-3H3,(H,20,21). The lowest BCUT2D eigenvalue weighted by Gasteiger charge is -2.24. The minimum absolute atomic E-state index is 0.117. The van der Waals surface area contributed by atoms with Crippen molar-refractivity contribution in [3.05, 3.63) is 34.7 Å². The fourth-order valence-corrected chi connectivity index (χ4v) is 2.85. The van der Waals surface area contributed by atoms with Gasteiger partial charge in [0.15, 0.2) is 0 Å². The predicted octanol–water partition coefficient (Wildman–Crippen LogP) is 3.49. The van der Waals surface area contributed by atoms with Crippen LogP contribution in [-0.2, 0) is 6.18 Å². The summed E-state index contributed by atoms with van der Waals surface area (Å²) in [6, 6.07) is 0.848. The summed E-state index contributed by atoms with van der Waals surface area (Å²) in [6.07, 6.45) is -2.80. The van der Waals surface area contributed by atoms with E-state index in [0.717, 1.165) is 36.1 Å². The number of anilines is 1. The van der Waals surface area contributed by atoms with Gasteiger partial charge in [-0.2, -0.15) is 13.2 Å². The number of halogens is 3. The van der Waals surface area contributed by atoms with Crippen molar-refractivity contribution < 1.29 is 13.2 Å². The summed E-state index contributed by atoms with van der Waals surface area (Å²) in [6.45, 7) is 5.99. The van der Waals surface area contributed by atoms with Gasteiger partial charge in [0.05, 0.1) is 11.7 Å². The molecule has 124 valence electrons. The van der Waals surface area contributed by atoms with Crippen molar-refractivity contribution in [2.24, 2.45) is 0 Å². The van der Waals surface area contributed by atoms with Gasteiger partial charge in [0, 0.05) is 17.9 Å². The minimum Gasteiger partial charge on any atom is -0.344 e. The van der Waals surface area contributed by atoms with E-state index >= 15 is 0 Å². The van der Waals surface area contributed by atoms with Crippen LogP contribution in [0.4, 0.5) is 19.1 Å². The molecule has 2 aromatic rings. The number of H-pyrrole nitrogens is 1. The number of hydrogen-bond donors (Lipinski definition) is 1. The Labute approximate surface area is 132 Å². The summed E-state index contributed by atoms with van der Waals surface area (Å²) in [5, 5.41) is 0. The molecular formula is C15H18F3N5. The first-order chi connectivity index (χ1) is 10.8. The smallest absolute Gasteiger partial charge is 0.344 e. The van der Waals surface area contributed by atoms with Crippen LogP contribution in [0.25, 0.3) is 0 Å². The lowest BCUT2D eigenvalue weighted by Crippen LogP contribution is -2.27. The molecule has 8 heteroatoms. The maximum absolute atomic E-state index is 13.0. The number of hydrogen-bond acceptors (Lipinski definition) is 4. The molecule has 3 rings (SSSR count). The van der Waals surface area contributed by atoms with E-state index in [0.29, 0.717) is 12.2 Å². The Balaban J connectivity index is 1.98. The summed E-state index contributed by atoms with van der Waals surface area (Å²) in [7, 11) is 0. The number of aromatic nitrogens is 4. The Morgan fingerprint density at radius 3 is 2.52 bits per heavy atom. The highest BCUT2D eigenvalue weighted by molar-refractivity contribution is 5.38. The molecule has 1 atom stereocenters. The van der Waals surface area contributed by atoms with Gasteiger partial charge in [0.2, 0.25) is 5.95 Å². The van der Waals surface area contributed by atoms with Gasteiger partial charge in [0.25, 0.3) is 0 Å². The highest BCUT2D eigenvalue weighted by atomic mass is 19.4. The van der Waals surface area contributed by atoms with Crippen molar-refractivity contribution in [3.63, 3.8) is 0 Å². The molecule has 0 amide bonds. The lowest BCUT2D eigenvalue weighted by atomic mass is 10.2. The van der Waals surface area contributed by atoms with Gasteiger partial charge in [-0.3, -0.25) is 0 Å². The molecule has 2 aromatic heterocycles. The molecule has 5 nitrogen and oxygen atoms in total. The first kappa shape index (κ1) is 15.8. The largest absolute Gasteiger partial charge is 0.433 e. The summed E-state index contributed by atoms with van der Waals surface area (Å²) >= 11 is 0. The fourth-order valence-electron chi connectivity index (χ4n) is 2.85. The number of rotatable bonds is 2. The molecule has 1 unspecified atom stereocenters. The van der Waals surface area contributed by atoms with Crippen LogP contribution in [0.1, 0.15) is 47.5 Å². The molecule has 0 spiro atoms. The van der Waals surface area contributed by atoms with Crippen molar-refractivity contribution in [3.8, 4) is 0 Å². The van der Waals surface area contributed by atoms with Crippen molar-refractivity contribution in [2.45, 2.75) is 45.8 Å². The van der Waals surface area contributed by atoms with Gasteiger partial charge >= 0.3 is 6.18 Å². The van der Waals surface area contributed by atoms with Crippen LogP contribution in [0, 0.1) is 20.8 Å². The minimum atomic E-state index is -4.48. The summed E-state index contributed by atoms with van der Waals surface area (Å²) < 4.78 is 39.0. The van der Waals surface area contributed by atoms with E-state index < -0.39 is 11.9 Å². The number of alkyl halides is 3. The maximum Gasteiger partial charge on any atom is 0.433 e. The molecule has 1 aliphatic heterocycles. The molecule has 0 radical (unpaired) electrons. The SMILES string of the molecule is Cc1cc(C(F)(F)F)nc(N2CCCC2c2nc(C)c(C)[nH]2)n1. The lowest BCUT2D eigenvalue weighted by molar-refractivity contribution is -0.141. The molecule has 0 aliphatic carbocycles. The summed E-state index contributed by atoms with van der Waals surface area (Å²) in [5.74, 6) is 0.877. The van der Waals surface area contributed by atoms with E-state index in [9.17, 15) is 13.2 Å². The second kappa shape index (κ2) is 5.50. The first-order valence-electron chi connectivity index (χ1n) is 7.48. The van der Waals surface area contributed by atoms with E-state index in [4.69, 9.17) is 0 Å². The van der Waals surface area contributed by atoms with Gasteiger partial charge in [-0.05, 0) is 39.7 Å². The van der Waals surface area contributed by atoms with Crippen LogP contribution in [0.2, 0.25) is 0 Å². The maximum atomic E-state index is 13.0. The zero-order chi connectivity index (χ0) is 16.8. The Morgan fingerprint density at radius 1 is 1.17 bits per heavy atom. The summed E-state index contributed by atoms with van der Waals surface area (Å²) in [5.41, 5.74) is 1.26. The molecule has 0 saturated carbocycles. The van der Waals surface area contributed by atoms with Gasteiger partial charge in [0.1, 0.15) is 11.5 Å². The Kier molecular flexibility index (Phi) is 3.77. The second-order valence-corrected chi connectivity index (χ2v) is 5.88. The Morgan fingerprint density at radius 2 is 1.91 bits per heavy atom. The second-order valence-electron chi connectivity index (χ2n) is 5.88. The van der Waals surface area contributed by atoms with Crippen molar-refractivity contribution in [1.29, 1.82) is 0 Å². The zero-order valence-electron chi connectivity index (χ0n) is 13.2. The third-order valence-electron chi connectivity index (χ3n) is 4.10. The van der Waals surface area contributed by atoms with E-state index in [1.807, 2.05) is 13.8 Å². The highest BCUT2D eigenvalue weighted by Crippen LogP contribution is 2.35. The van der Waals surface area contributed by atoms with E-state index in [1.54, 1.807) is 11.8 Å². The Hall–Kier alpha value is -2.12. The van der Waals surface area contributed by atoms with Gasteiger partial charge in [-0.25, -0.2) is 15.0 Å². The van der Waals surface area contributed by atoms with Crippen LogP contribution in [0.3, 0.4) is 0 Å². The third kappa shape index (κ3) is 3.02. The zero-order valence-corrected chi connectivity index (χ0v) is 13.2. The van der Waals surface area contributed by atoms with Gasteiger partial charge in [-0.1, -0.05) is 0 Å². The quantitative estimate of drug-likeness (QED) is 0.918. The van der Waals surface area contributed by atoms with E-state index in [1.165, 1.54) is 0 Å². The fraction of sp³-hybridized carbons (Fsp3) is 0.533. The average Bonchev–Trinajstić information content (AvgIpc) is 3.05. The molecule has 0 bridgehead atoms. The predicted molar refractivity (Wildman–Crippen MR) is 79.2 cm³/mol. The molecule has 23 heavy (non-hydrogen) atoms. The van der Waals surface area contributed by atoms with Crippen LogP contribution in [-0.4, -0.2) is 26.5 Å². The normalized spacial score (nSPS) is 18.7. The number of aryl methyl sites for hydroxylation is 3. The van der Waals surface area contributed by atoms with Crippen molar-refractivity contribution >= 4 is 5.95 Å². The topological polar surface area (TPSA) is 57.7 Å². The molecular weight excluding hydrogens is 307 g/mol. The third-order valence-corrected chi connectivity index (χ3v) is 4.10. The Bertz CT molecular complexity index is 703. The molecule has 1 N–H and O–H groups in total. The molecule has 1 aliphatic rings. The van der Waals surface area contributed by atoms with Gasteiger partial charge < -0.3 is 9.88 Å². The van der Waals surface area contributed by atoms with E-state index in [2.05, 4.69) is 19.9 Å². The summed E-state index contributed by atoms with van der Waals surface area (Å²) in [4.78, 5) is 17.5. The van der Waals surface area contributed by atoms with Crippen LogP contribution in [0.5, 0.6) is 0 Å². The number of nitrogens with zero attached hydrogens (tertiary/aromatic N) is 4. The van der Waals surface area contributed by atoms with Crippen LogP contribution in [0.15, 0.2) is 6.07 Å². The monoisotopic (exact) mass is 325 g/mol. The molecule has 1 fully saturated rings. The van der Waals surface area contributed by atoms with Crippen LogP contribution < -0.4 is 4.90 Å². The number of imidazole rings is 1. The van der Waals surface area contributed by atoms with Crippen LogP contribution >= 0.6 is 0 Å². The van der Waals surface area contributed by atoms with E-state index in [-0.39, 0.29) is 12.0 Å². The average molecular weight is 325 g/mol. The van der Waals surface area contributed by atoms with Crippen molar-refractivity contribution in [2.75, 3.05) is 11.4 Å². The highest BCUT2D eigenvalue weighted by Gasteiger charge is 2.36. The first-order valence-corrected chi connectivity index (χ1v) is 7.48. The number of aromatic amines is 1. The molecule has 3 heterocycles. The molecule has 1 saturated heterocycles.